The summed E-state index contributed by atoms with van der Waals surface area (Å²) in [6.45, 7) is 1.99. The molecule has 1 aromatic heterocycles. The first-order chi connectivity index (χ1) is 12.2. The van der Waals surface area contributed by atoms with Gasteiger partial charge in [-0.25, -0.2) is 4.98 Å². The van der Waals surface area contributed by atoms with Gasteiger partial charge < -0.3 is 9.88 Å². The summed E-state index contributed by atoms with van der Waals surface area (Å²) in [7, 11) is 0. The Morgan fingerprint density at radius 1 is 1.16 bits per heavy atom. The average Bonchev–Trinajstić information content (AvgIpc) is 3.17. The van der Waals surface area contributed by atoms with Gasteiger partial charge in [0, 0.05) is 29.4 Å². The Hall–Kier alpha value is -2.53. The van der Waals surface area contributed by atoms with Gasteiger partial charge in [-0.1, -0.05) is 24.3 Å². The normalized spacial score (nSPS) is 11.9. The fraction of sp³-hybridized carbons (Fsp3) is 0.200. The number of thioether (sulfide) groups is 1. The van der Waals surface area contributed by atoms with Crippen LogP contribution in [0, 0.1) is 0 Å². The first-order valence-corrected chi connectivity index (χ1v) is 9.54. The minimum atomic E-state index is -0.0600. The van der Waals surface area contributed by atoms with E-state index in [1.807, 2.05) is 66.2 Å². The van der Waals surface area contributed by atoms with E-state index in [0.29, 0.717) is 5.56 Å². The fourth-order valence-corrected chi connectivity index (χ4v) is 3.16. The Balaban J connectivity index is 1.64. The monoisotopic (exact) mass is 351 g/mol. The topological polar surface area (TPSA) is 46.9 Å². The van der Waals surface area contributed by atoms with Crippen LogP contribution in [0.25, 0.3) is 5.69 Å². The molecule has 4 nitrogen and oxygen atoms in total. The Morgan fingerprint density at radius 3 is 2.48 bits per heavy atom. The number of nitrogens with zero attached hydrogens (tertiary/aromatic N) is 2. The molecule has 0 aliphatic carbocycles. The van der Waals surface area contributed by atoms with Crippen molar-refractivity contribution in [2.75, 3.05) is 6.26 Å². The third-order valence-corrected chi connectivity index (χ3v) is 4.69. The Bertz CT molecular complexity index is 811. The van der Waals surface area contributed by atoms with Crippen LogP contribution in [0.4, 0.5) is 0 Å². The third kappa shape index (κ3) is 4.31. The fourth-order valence-electron chi connectivity index (χ4n) is 2.63. The number of imidazole rings is 1. The number of amides is 1. The van der Waals surface area contributed by atoms with E-state index in [4.69, 9.17) is 0 Å². The van der Waals surface area contributed by atoms with Crippen LogP contribution in [0.5, 0.6) is 0 Å². The second-order valence-electron chi connectivity index (χ2n) is 5.89. The second kappa shape index (κ2) is 8.03. The van der Waals surface area contributed by atoms with Gasteiger partial charge in [0.2, 0.25) is 0 Å². The number of benzene rings is 2. The van der Waals surface area contributed by atoms with E-state index in [-0.39, 0.29) is 11.9 Å². The van der Waals surface area contributed by atoms with E-state index in [1.165, 1.54) is 5.56 Å². The summed E-state index contributed by atoms with van der Waals surface area (Å²) in [6, 6.07) is 15.8. The van der Waals surface area contributed by atoms with Crippen molar-refractivity contribution < 1.29 is 4.79 Å². The second-order valence-corrected chi connectivity index (χ2v) is 6.75. The molecule has 0 fully saturated rings. The van der Waals surface area contributed by atoms with Gasteiger partial charge in [0.25, 0.3) is 5.91 Å². The zero-order valence-corrected chi connectivity index (χ0v) is 15.2. The highest BCUT2D eigenvalue weighted by Gasteiger charge is 2.11. The molecule has 128 valence electrons. The number of aromatic nitrogens is 2. The highest BCUT2D eigenvalue weighted by Crippen LogP contribution is 2.17. The van der Waals surface area contributed by atoms with Crippen LogP contribution < -0.4 is 5.32 Å². The van der Waals surface area contributed by atoms with E-state index >= 15 is 0 Å². The Labute approximate surface area is 152 Å². The lowest BCUT2D eigenvalue weighted by molar-refractivity contribution is 0.0940. The van der Waals surface area contributed by atoms with E-state index < -0.39 is 0 Å². The molecule has 3 aromatic rings. The number of hydrogen-bond donors (Lipinski definition) is 1. The molecule has 1 heterocycles. The Morgan fingerprint density at radius 2 is 1.88 bits per heavy atom. The molecule has 25 heavy (non-hydrogen) atoms. The SMILES string of the molecule is CSCc1ccc(C(=O)N[C@H](C)c2ccc(-n3ccnc3)cc2)cc1. The van der Waals surface area contributed by atoms with Crippen LogP contribution in [0.3, 0.4) is 0 Å². The molecular formula is C20H21N3OS. The van der Waals surface area contributed by atoms with Gasteiger partial charge >= 0.3 is 0 Å². The molecule has 0 spiro atoms. The van der Waals surface area contributed by atoms with E-state index in [0.717, 1.165) is 17.0 Å². The van der Waals surface area contributed by atoms with Gasteiger partial charge in [0.15, 0.2) is 0 Å². The largest absolute Gasteiger partial charge is 0.346 e. The average molecular weight is 351 g/mol. The van der Waals surface area contributed by atoms with Crippen LogP contribution in [-0.2, 0) is 5.75 Å². The summed E-state index contributed by atoms with van der Waals surface area (Å²) in [6.07, 6.45) is 7.49. The van der Waals surface area contributed by atoms with Crippen LogP contribution in [0.2, 0.25) is 0 Å². The van der Waals surface area contributed by atoms with E-state index in [1.54, 1.807) is 24.3 Å². The summed E-state index contributed by atoms with van der Waals surface area (Å²) < 4.78 is 1.95. The van der Waals surface area contributed by atoms with Gasteiger partial charge in [0.1, 0.15) is 0 Å². The Kier molecular flexibility index (Phi) is 5.56. The lowest BCUT2D eigenvalue weighted by Gasteiger charge is -2.15. The maximum Gasteiger partial charge on any atom is 0.251 e. The van der Waals surface area contributed by atoms with Crippen molar-refractivity contribution in [1.82, 2.24) is 14.9 Å². The zero-order chi connectivity index (χ0) is 17.6. The summed E-state index contributed by atoms with van der Waals surface area (Å²) in [4.78, 5) is 16.5. The molecule has 1 atom stereocenters. The summed E-state index contributed by atoms with van der Waals surface area (Å²) in [5, 5.41) is 3.05. The maximum absolute atomic E-state index is 12.4. The molecule has 0 unspecified atom stereocenters. The van der Waals surface area contributed by atoms with E-state index in [2.05, 4.69) is 16.6 Å². The summed E-state index contributed by atoms with van der Waals surface area (Å²) in [5.41, 5.74) is 4.03. The molecule has 1 amide bonds. The van der Waals surface area contributed by atoms with Gasteiger partial charge in [-0.2, -0.15) is 11.8 Å². The van der Waals surface area contributed by atoms with Gasteiger partial charge in [-0.05, 0) is 48.6 Å². The van der Waals surface area contributed by atoms with Crippen molar-refractivity contribution in [2.45, 2.75) is 18.7 Å². The maximum atomic E-state index is 12.4. The van der Waals surface area contributed by atoms with Crippen molar-refractivity contribution in [3.63, 3.8) is 0 Å². The van der Waals surface area contributed by atoms with Crippen molar-refractivity contribution in [1.29, 1.82) is 0 Å². The van der Waals surface area contributed by atoms with Gasteiger partial charge in [-0.3, -0.25) is 4.79 Å². The molecule has 5 heteroatoms. The minimum Gasteiger partial charge on any atom is -0.346 e. The number of rotatable bonds is 6. The first-order valence-electron chi connectivity index (χ1n) is 8.14. The van der Waals surface area contributed by atoms with Gasteiger partial charge in [0.05, 0.1) is 12.4 Å². The highest BCUT2D eigenvalue weighted by atomic mass is 32.2. The summed E-state index contributed by atoms with van der Waals surface area (Å²) in [5.74, 6) is 0.906. The molecule has 1 N–H and O–H groups in total. The molecule has 0 aliphatic rings. The predicted octanol–water partition coefficient (Wildman–Crippen LogP) is 4.23. The van der Waals surface area contributed by atoms with Crippen molar-refractivity contribution in [3.05, 3.63) is 83.9 Å². The van der Waals surface area contributed by atoms with E-state index in [9.17, 15) is 4.79 Å². The van der Waals surface area contributed by atoms with Crippen molar-refractivity contribution in [3.8, 4) is 5.69 Å². The smallest absolute Gasteiger partial charge is 0.251 e. The molecular weight excluding hydrogens is 330 g/mol. The standard InChI is InChI=1S/C20H21N3OS/c1-15(17-7-9-19(10-8-17)23-12-11-21-14-23)22-20(24)18-5-3-16(4-6-18)13-25-2/h3-12,14-15H,13H2,1-2H3,(H,22,24)/t15-/m1/s1. The first kappa shape index (κ1) is 17.3. The summed E-state index contributed by atoms with van der Waals surface area (Å²) >= 11 is 1.77. The number of nitrogens with one attached hydrogen (secondary N) is 1. The minimum absolute atomic E-state index is 0.0538. The molecule has 0 saturated heterocycles. The molecule has 3 rings (SSSR count). The van der Waals surface area contributed by atoms with Crippen molar-refractivity contribution in [2.24, 2.45) is 0 Å². The van der Waals surface area contributed by atoms with Crippen LogP contribution in [-0.4, -0.2) is 21.7 Å². The van der Waals surface area contributed by atoms with Gasteiger partial charge in [-0.15, -0.1) is 0 Å². The molecule has 0 saturated carbocycles. The van der Waals surface area contributed by atoms with Crippen LogP contribution >= 0.6 is 11.8 Å². The lowest BCUT2D eigenvalue weighted by Crippen LogP contribution is -2.26. The lowest BCUT2D eigenvalue weighted by atomic mass is 10.1. The van der Waals surface area contributed by atoms with Crippen molar-refractivity contribution >= 4 is 17.7 Å². The molecule has 2 aromatic carbocycles. The molecule has 0 aliphatic heterocycles. The molecule has 0 radical (unpaired) electrons. The molecule has 0 bridgehead atoms. The van der Waals surface area contributed by atoms with Crippen LogP contribution in [0.1, 0.15) is 34.5 Å². The van der Waals surface area contributed by atoms with Crippen LogP contribution in [0.15, 0.2) is 67.3 Å². The predicted molar refractivity (Wildman–Crippen MR) is 103 cm³/mol. The zero-order valence-electron chi connectivity index (χ0n) is 14.3. The highest BCUT2D eigenvalue weighted by molar-refractivity contribution is 7.97. The number of hydrogen-bond acceptors (Lipinski definition) is 3. The number of carbonyl (C=O) groups excluding carboxylic acids is 1. The number of carbonyl (C=O) groups is 1. The quantitative estimate of drug-likeness (QED) is 0.723. The third-order valence-electron chi connectivity index (χ3n) is 4.07.